The van der Waals surface area contributed by atoms with Crippen LogP contribution < -0.4 is 0 Å². The van der Waals surface area contributed by atoms with E-state index in [4.69, 9.17) is 9.84 Å². The molecule has 1 aliphatic heterocycles. The highest BCUT2D eigenvalue weighted by Crippen LogP contribution is 2.35. The number of hydrogen-bond donors (Lipinski definition) is 1. The lowest BCUT2D eigenvalue weighted by atomic mass is 9.76. The molecule has 0 aliphatic carbocycles. The summed E-state index contributed by atoms with van der Waals surface area (Å²) in [6.07, 6.45) is 2.02. The molecule has 0 radical (unpaired) electrons. The molecular formula is C11H19NO4. The summed E-state index contributed by atoms with van der Waals surface area (Å²) in [4.78, 5) is 24.1. The average molecular weight is 229 g/mol. The van der Waals surface area contributed by atoms with E-state index in [1.807, 2.05) is 6.92 Å². The van der Waals surface area contributed by atoms with Crippen LogP contribution in [0.5, 0.6) is 0 Å². The number of esters is 1. The summed E-state index contributed by atoms with van der Waals surface area (Å²) in [5.41, 5.74) is -0.625. The van der Waals surface area contributed by atoms with Gasteiger partial charge in [-0.05, 0) is 19.3 Å². The van der Waals surface area contributed by atoms with Gasteiger partial charge in [-0.15, -0.1) is 0 Å². The second-order valence-corrected chi connectivity index (χ2v) is 4.33. The molecule has 1 fully saturated rings. The van der Waals surface area contributed by atoms with Crippen molar-refractivity contribution >= 4 is 12.1 Å². The van der Waals surface area contributed by atoms with Gasteiger partial charge in [0.05, 0.1) is 12.5 Å². The van der Waals surface area contributed by atoms with Gasteiger partial charge in [0.2, 0.25) is 0 Å². The van der Waals surface area contributed by atoms with Crippen molar-refractivity contribution in [1.29, 1.82) is 0 Å². The fourth-order valence-electron chi connectivity index (χ4n) is 2.46. The zero-order valence-electron chi connectivity index (χ0n) is 9.86. The number of carbonyl (C=O) groups is 2. The zero-order valence-corrected chi connectivity index (χ0v) is 9.86. The Morgan fingerprint density at radius 3 is 2.69 bits per heavy atom. The number of rotatable bonds is 3. The first-order chi connectivity index (χ1) is 7.55. The van der Waals surface area contributed by atoms with E-state index >= 15 is 0 Å². The van der Waals surface area contributed by atoms with Crippen molar-refractivity contribution in [1.82, 2.24) is 4.90 Å². The van der Waals surface area contributed by atoms with Crippen molar-refractivity contribution in [2.75, 3.05) is 20.2 Å². The maximum atomic E-state index is 11.8. The molecule has 1 aliphatic rings. The first-order valence-electron chi connectivity index (χ1n) is 5.62. The summed E-state index contributed by atoms with van der Waals surface area (Å²) in [6, 6.07) is 0. The maximum absolute atomic E-state index is 11.8. The van der Waals surface area contributed by atoms with Crippen molar-refractivity contribution < 1.29 is 19.4 Å². The molecule has 1 N–H and O–H groups in total. The Morgan fingerprint density at radius 1 is 1.50 bits per heavy atom. The van der Waals surface area contributed by atoms with Crippen molar-refractivity contribution in [2.24, 2.45) is 5.41 Å². The number of likely N-dealkylation sites (tertiary alicyclic amines) is 1. The minimum atomic E-state index is -0.955. The molecule has 1 amide bonds. The molecule has 92 valence electrons. The molecule has 0 bridgehead atoms. The van der Waals surface area contributed by atoms with Crippen LogP contribution in [0.2, 0.25) is 0 Å². The largest absolute Gasteiger partial charge is 0.469 e. The molecule has 1 heterocycles. The molecule has 1 saturated heterocycles. The number of carboxylic acid groups (broad SMARTS) is 1. The third-order valence-corrected chi connectivity index (χ3v) is 3.19. The second-order valence-electron chi connectivity index (χ2n) is 4.33. The first kappa shape index (κ1) is 12.8. The van der Waals surface area contributed by atoms with Gasteiger partial charge in [-0.3, -0.25) is 4.79 Å². The number of ether oxygens (including phenoxy) is 1. The molecule has 1 unspecified atom stereocenters. The summed E-state index contributed by atoms with van der Waals surface area (Å²) in [7, 11) is 1.36. The molecular weight excluding hydrogens is 210 g/mol. The number of hydrogen-bond acceptors (Lipinski definition) is 3. The lowest BCUT2D eigenvalue weighted by Gasteiger charge is -2.39. The number of carbonyl (C=O) groups excluding carboxylic acids is 1. The van der Waals surface area contributed by atoms with Gasteiger partial charge in [-0.25, -0.2) is 4.79 Å². The topological polar surface area (TPSA) is 66.8 Å². The molecule has 0 spiro atoms. The highest BCUT2D eigenvalue weighted by atomic mass is 16.5. The van der Waals surface area contributed by atoms with E-state index < -0.39 is 11.5 Å². The second kappa shape index (κ2) is 5.18. The van der Waals surface area contributed by atoms with Crippen molar-refractivity contribution in [3.8, 4) is 0 Å². The number of methoxy groups -OCH3 is 1. The van der Waals surface area contributed by atoms with Gasteiger partial charge in [0.15, 0.2) is 0 Å². The lowest BCUT2D eigenvalue weighted by Crippen LogP contribution is -2.49. The maximum Gasteiger partial charge on any atom is 0.407 e. The Bertz CT molecular complexity index is 275. The van der Waals surface area contributed by atoms with Crippen LogP contribution >= 0.6 is 0 Å². The van der Waals surface area contributed by atoms with E-state index in [0.29, 0.717) is 13.0 Å². The van der Waals surface area contributed by atoms with E-state index in [1.54, 1.807) is 0 Å². The third kappa shape index (κ3) is 2.46. The molecule has 0 saturated carbocycles. The predicted octanol–water partition coefficient (Wildman–Crippen LogP) is 1.72. The van der Waals surface area contributed by atoms with Crippen LogP contribution in [0.25, 0.3) is 0 Å². The van der Waals surface area contributed by atoms with Gasteiger partial charge in [0, 0.05) is 13.1 Å². The van der Waals surface area contributed by atoms with Crippen LogP contribution in [-0.2, 0) is 9.53 Å². The summed E-state index contributed by atoms with van der Waals surface area (Å²) in [5, 5.41) is 8.97. The van der Waals surface area contributed by atoms with Gasteiger partial charge in [0.1, 0.15) is 0 Å². The number of piperidine rings is 1. The van der Waals surface area contributed by atoms with Crippen LogP contribution in [-0.4, -0.2) is 42.3 Å². The Kier molecular flexibility index (Phi) is 4.15. The number of amides is 1. The van der Waals surface area contributed by atoms with Crippen LogP contribution in [0.1, 0.15) is 32.6 Å². The summed E-state index contributed by atoms with van der Waals surface area (Å²) in [6.45, 7) is 2.77. The third-order valence-electron chi connectivity index (χ3n) is 3.19. The van der Waals surface area contributed by atoms with Gasteiger partial charge in [-0.1, -0.05) is 13.3 Å². The minimum Gasteiger partial charge on any atom is -0.469 e. The quantitative estimate of drug-likeness (QED) is 0.748. The Morgan fingerprint density at radius 2 is 2.19 bits per heavy atom. The smallest absolute Gasteiger partial charge is 0.407 e. The monoisotopic (exact) mass is 229 g/mol. The van der Waals surface area contributed by atoms with E-state index in [2.05, 4.69) is 0 Å². The lowest BCUT2D eigenvalue weighted by molar-refractivity contribution is -0.156. The molecule has 0 aromatic rings. The molecule has 1 rings (SSSR count). The van der Waals surface area contributed by atoms with Gasteiger partial charge < -0.3 is 14.7 Å². The highest BCUT2D eigenvalue weighted by molar-refractivity contribution is 5.78. The zero-order chi connectivity index (χ0) is 12.2. The van der Waals surface area contributed by atoms with Crippen LogP contribution in [0.3, 0.4) is 0 Å². The van der Waals surface area contributed by atoms with Crippen LogP contribution in [0, 0.1) is 5.41 Å². The summed E-state index contributed by atoms with van der Waals surface area (Å²) in [5.74, 6) is -0.277. The van der Waals surface area contributed by atoms with E-state index in [-0.39, 0.29) is 12.5 Å². The van der Waals surface area contributed by atoms with Crippen molar-refractivity contribution in [2.45, 2.75) is 32.6 Å². The summed E-state index contributed by atoms with van der Waals surface area (Å²) >= 11 is 0. The summed E-state index contributed by atoms with van der Waals surface area (Å²) < 4.78 is 4.82. The fraction of sp³-hybridized carbons (Fsp3) is 0.818. The molecule has 5 nitrogen and oxygen atoms in total. The van der Waals surface area contributed by atoms with Gasteiger partial charge in [0.25, 0.3) is 0 Å². The highest BCUT2D eigenvalue weighted by Gasteiger charge is 2.43. The fourth-order valence-corrected chi connectivity index (χ4v) is 2.46. The van der Waals surface area contributed by atoms with E-state index in [0.717, 1.165) is 19.3 Å². The molecule has 0 aromatic carbocycles. The standard InChI is InChI=1S/C11H19NO4/c1-3-5-11(9(13)16-2)6-4-7-12(8-11)10(14)15/h3-8H2,1-2H3,(H,14,15). The number of nitrogens with zero attached hydrogens (tertiary/aromatic N) is 1. The predicted molar refractivity (Wildman–Crippen MR) is 58.2 cm³/mol. The van der Waals surface area contributed by atoms with Gasteiger partial charge >= 0.3 is 12.1 Å². The van der Waals surface area contributed by atoms with Gasteiger partial charge in [-0.2, -0.15) is 0 Å². The molecule has 16 heavy (non-hydrogen) atoms. The SMILES string of the molecule is CCCC1(C(=O)OC)CCCN(C(=O)O)C1. The average Bonchev–Trinajstić information content (AvgIpc) is 2.28. The van der Waals surface area contributed by atoms with Crippen LogP contribution in [0.4, 0.5) is 4.79 Å². The van der Waals surface area contributed by atoms with Crippen molar-refractivity contribution in [3.63, 3.8) is 0 Å². The van der Waals surface area contributed by atoms with E-state index in [9.17, 15) is 9.59 Å². The van der Waals surface area contributed by atoms with Crippen LogP contribution in [0.15, 0.2) is 0 Å². The Balaban J connectivity index is 2.83. The molecule has 5 heteroatoms. The first-order valence-corrected chi connectivity index (χ1v) is 5.62. The normalized spacial score (nSPS) is 25.2. The molecule has 1 atom stereocenters. The minimum absolute atomic E-state index is 0.267. The van der Waals surface area contributed by atoms with E-state index in [1.165, 1.54) is 12.0 Å². The Hall–Kier alpha value is -1.26. The van der Waals surface area contributed by atoms with Crippen molar-refractivity contribution in [3.05, 3.63) is 0 Å². The Labute approximate surface area is 95.4 Å². The molecule has 0 aromatic heterocycles.